The summed E-state index contributed by atoms with van der Waals surface area (Å²) in [5.74, 6) is -0.587. The van der Waals surface area contributed by atoms with Crippen molar-refractivity contribution in [3.8, 4) is 5.75 Å². The van der Waals surface area contributed by atoms with E-state index in [2.05, 4.69) is 0 Å². The molecule has 2 nitrogen and oxygen atoms in total. The SMILES string of the molecule is O=Cc1ccc(OC/C(Cl)=C/Cl)c(F)c1. The highest BCUT2D eigenvalue weighted by Crippen LogP contribution is 2.18. The second-order valence-electron chi connectivity index (χ2n) is 2.65. The van der Waals surface area contributed by atoms with Crippen LogP contribution in [0.25, 0.3) is 0 Å². The Hall–Kier alpha value is -1.06. The fourth-order valence-electron chi connectivity index (χ4n) is 0.886. The van der Waals surface area contributed by atoms with Crippen LogP contribution in [0.2, 0.25) is 0 Å². The minimum absolute atomic E-state index is 0.0115. The van der Waals surface area contributed by atoms with Crippen LogP contribution in [0.1, 0.15) is 10.4 Å². The molecule has 0 unspecified atom stereocenters. The number of ether oxygens (including phenoxy) is 1. The first-order valence-corrected chi connectivity index (χ1v) is 4.81. The molecule has 0 saturated carbocycles. The molecule has 0 saturated heterocycles. The average Bonchev–Trinajstić information content (AvgIpc) is 2.26. The maximum Gasteiger partial charge on any atom is 0.165 e. The maximum atomic E-state index is 13.2. The van der Waals surface area contributed by atoms with Gasteiger partial charge in [-0.05, 0) is 18.2 Å². The third kappa shape index (κ3) is 3.53. The molecular weight excluding hydrogens is 242 g/mol. The highest BCUT2D eigenvalue weighted by atomic mass is 35.5. The lowest BCUT2D eigenvalue weighted by molar-refractivity contribution is 0.112. The van der Waals surface area contributed by atoms with E-state index in [0.717, 1.165) is 11.6 Å². The molecule has 0 aliphatic heterocycles. The molecule has 15 heavy (non-hydrogen) atoms. The zero-order valence-corrected chi connectivity index (χ0v) is 9.06. The molecular formula is C10H7Cl2FO2. The van der Waals surface area contributed by atoms with E-state index < -0.39 is 5.82 Å². The summed E-state index contributed by atoms with van der Waals surface area (Å²) in [5, 5.41) is 0.260. The van der Waals surface area contributed by atoms with Gasteiger partial charge in [0.1, 0.15) is 12.9 Å². The maximum absolute atomic E-state index is 13.2. The number of carbonyl (C=O) groups excluding carboxylic acids is 1. The smallest absolute Gasteiger partial charge is 0.165 e. The van der Waals surface area contributed by atoms with Gasteiger partial charge in [0, 0.05) is 11.1 Å². The van der Waals surface area contributed by atoms with Gasteiger partial charge in [-0.25, -0.2) is 4.39 Å². The van der Waals surface area contributed by atoms with Gasteiger partial charge in [-0.2, -0.15) is 0 Å². The van der Waals surface area contributed by atoms with Gasteiger partial charge in [-0.15, -0.1) is 0 Å². The lowest BCUT2D eigenvalue weighted by atomic mass is 10.2. The standard InChI is InChI=1S/C10H7Cl2FO2/c11-4-8(12)6-15-10-2-1-7(5-14)3-9(10)13/h1-5H,6H2/b8-4-. The molecule has 0 N–H and O–H groups in total. The summed E-state index contributed by atoms with van der Waals surface area (Å²) in [6.45, 7) is -0.0115. The van der Waals surface area contributed by atoms with E-state index in [9.17, 15) is 9.18 Å². The van der Waals surface area contributed by atoms with Gasteiger partial charge in [0.25, 0.3) is 0 Å². The number of halogens is 3. The molecule has 0 amide bonds. The van der Waals surface area contributed by atoms with Crippen molar-refractivity contribution in [2.24, 2.45) is 0 Å². The normalized spacial score (nSPS) is 11.3. The van der Waals surface area contributed by atoms with E-state index in [0.29, 0.717) is 6.29 Å². The van der Waals surface area contributed by atoms with Gasteiger partial charge in [0.2, 0.25) is 0 Å². The molecule has 0 aromatic heterocycles. The van der Waals surface area contributed by atoms with E-state index in [4.69, 9.17) is 27.9 Å². The van der Waals surface area contributed by atoms with Crippen molar-refractivity contribution in [1.29, 1.82) is 0 Å². The van der Waals surface area contributed by atoms with E-state index in [1.165, 1.54) is 12.1 Å². The van der Waals surface area contributed by atoms with E-state index in [-0.39, 0.29) is 23.0 Å². The Balaban J connectivity index is 2.74. The van der Waals surface area contributed by atoms with Gasteiger partial charge in [-0.1, -0.05) is 23.2 Å². The van der Waals surface area contributed by atoms with Gasteiger partial charge in [0.15, 0.2) is 11.6 Å². The van der Waals surface area contributed by atoms with Gasteiger partial charge in [-0.3, -0.25) is 4.79 Å². The Morgan fingerprint density at radius 3 is 2.80 bits per heavy atom. The molecule has 0 radical (unpaired) electrons. The van der Waals surface area contributed by atoms with E-state index >= 15 is 0 Å². The molecule has 1 aromatic carbocycles. The molecule has 0 bridgehead atoms. The van der Waals surface area contributed by atoms with Crippen molar-refractivity contribution < 1.29 is 13.9 Å². The highest BCUT2D eigenvalue weighted by molar-refractivity contribution is 6.36. The average molecular weight is 249 g/mol. The number of aldehydes is 1. The van der Waals surface area contributed by atoms with Crippen LogP contribution in [-0.2, 0) is 0 Å². The molecule has 0 spiro atoms. The first-order chi connectivity index (χ1) is 7.17. The molecule has 0 heterocycles. The fourth-order valence-corrected chi connectivity index (χ4v) is 1.00. The summed E-state index contributed by atoms with van der Waals surface area (Å²) in [6, 6.07) is 3.89. The van der Waals surface area contributed by atoms with Crippen molar-refractivity contribution in [1.82, 2.24) is 0 Å². The summed E-state index contributed by atoms with van der Waals surface area (Å²) < 4.78 is 18.2. The molecule has 80 valence electrons. The fraction of sp³-hybridized carbons (Fsp3) is 0.100. The van der Waals surface area contributed by atoms with E-state index in [1.54, 1.807) is 0 Å². The molecule has 5 heteroatoms. The van der Waals surface area contributed by atoms with Crippen molar-refractivity contribution in [2.45, 2.75) is 0 Å². The first kappa shape index (κ1) is 12.0. The number of rotatable bonds is 4. The highest BCUT2D eigenvalue weighted by Gasteiger charge is 2.04. The monoisotopic (exact) mass is 248 g/mol. The molecule has 1 rings (SSSR count). The Labute approximate surface area is 96.2 Å². The van der Waals surface area contributed by atoms with Crippen LogP contribution in [0, 0.1) is 5.82 Å². The van der Waals surface area contributed by atoms with Crippen LogP contribution in [0.4, 0.5) is 4.39 Å². The van der Waals surface area contributed by atoms with Crippen molar-refractivity contribution in [2.75, 3.05) is 6.61 Å². The summed E-state index contributed by atoms with van der Waals surface area (Å²) in [5.41, 5.74) is 1.39. The number of carbonyl (C=O) groups is 1. The molecule has 0 fully saturated rings. The van der Waals surface area contributed by atoms with Crippen LogP contribution < -0.4 is 4.74 Å². The second kappa shape index (κ2) is 5.73. The third-order valence-electron chi connectivity index (χ3n) is 1.58. The number of hydrogen-bond acceptors (Lipinski definition) is 2. The van der Waals surface area contributed by atoms with Gasteiger partial charge >= 0.3 is 0 Å². The lowest BCUT2D eigenvalue weighted by Gasteiger charge is -2.05. The Morgan fingerprint density at radius 2 is 2.27 bits per heavy atom. The summed E-state index contributed by atoms with van der Waals surface area (Å²) in [6.07, 6.45) is 0.554. The molecule has 0 atom stereocenters. The first-order valence-electron chi connectivity index (χ1n) is 3.99. The number of hydrogen-bond donors (Lipinski definition) is 0. The summed E-state index contributed by atoms with van der Waals surface area (Å²) in [7, 11) is 0. The predicted molar refractivity (Wildman–Crippen MR) is 57.1 cm³/mol. The van der Waals surface area contributed by atoms with Crippen LogP contribution in [0.3, 0.4) is 0 Å². The molecule has 0 aliphatic rings. The Morgan fingerprint density at radius 1 is 1.53 bits per heavy atom. The topological polar surface area (TPSA) is 26.3 Å². The largest absolute Gasteiger partial charge is 0.485 e. The minimum atomic E-state index is -0.612. The zero-order valence-electron chi connectivity index (χ0n) is 7.54. The second-order valence-corrected chi connectivity index (χ2v) is 3.36. The third-order valence-corrected chi connectivity index (χ3v) is 2.17. The van der Waals surface area contributed by atoms with Crippen LogP contribution in [0.15, 0.2) is 28.8 Å². The number of benzene rings is 1. The van der Waals surface area contributed by atoms with E-state index in [1.807, 2.05) is 0 Å². The summed E-state index contributed by atoms with van der Waals surface area (Å²) >= 11 is 10.8. The Bertz CT molecular complexity index is 391. The summed E-state index contributed by atoms with van der Waals surface area (Å²) in [4.78, 5) is 10.3. The van der Waals surface area contributed by atoms with Gasteiger partial charge in [0.05, 0.1) is 5.03 Å². The van der Waals surface area contributed by atoms with Crippen molar-refractivity contribution in [3.05, 3.63) is 40.1 Å². The predicted octanol–water partition coefficient (Wildman–Crippen LogP) is 3.34. The minimum Gasteiger partial charge on any atom is -0.485 e. The zero-order chi connectivity index (χ0) is 11.3. The van der Waals surface area contributed by atoms with Crippen LogP contribution in [-0.4, -0.2) is 12.9 Å². The van der Waals surface area contributed by atoms with Crippen LogP contribution >= 0.6 is 23.2 Å². The van der Waals surface area contributed by atoms with Gasteiger partial charge < -0.3 is 4.74 Å². The van der Waals surface area contributed by atoms with Crippen LogP contribution in [0.5, 0.6) is 5.75 Å². The Kier molecular flexibility index (Phi) is 4.59. The quantitative estimate of drug-likeness (QED) is 0.765. The molecule has 0 aliphatic carbocycles. The van der Waals surface area contributed by atoms with Crippen molar-refractivity contribution >= 4 is 29.5 Å². The van der Waals surface area contributed by atoms with Crippen molar-refractivity contribution in [3.63, 3.8) is 0 Å². The lowest BCUT2D eigenvalue weighted by Crippen LogP contribution is -1.99. The molecule has 1 aromatic rings.